The van der Waals surface area contributed by atoms with E-state index in [2.05, 4.69) is 15.5 Å². The summed E-state index contributed by atoms with van der Waals surface area (Å²) in [5.41, 5.74) is 9.12. The number of hydrogen-bond acceptors (Lipinski definition) is 5. The Morgan fingerprint density at radius 2 is 2.16 bits per heavy atom. The summed E-state index contributed by atoms with van der Waals surface area (Å²) in [6.45, 7) is 1.70. The molecule has 1 aromatic carbocycles. The molecule has 1 heterocycles. The van der Waals surface area contributed by atoms with Gasteiger partial charge in [-0.3, -0.25) is 4.79 Å². The maximum absolute atomic E-state index is 12.7. The molecule has 1 aromatic heterocycles. The summed E-state index contributed by atoms with van der Waals surface area (Å²) in [6.07, 6.45) is 1.43. The van der Waals surface area contributed by atoms with Gasteiger partial charge in [-0.25, -0.2) is 14.8 Å². The van der Waals surface area contributed by atoms with Gasteiger partial charge >= 0.3 is 0 Å². The molecule has 2 aromatic rings. The Kier molecular flexibility index (Phi) is 3.86. The van der Waals surface area contributed by atoms with Crippen LogP contribution in [0.5, 0.6) is 0 Å². The number of carbonyl (C=O) groups excluding carboxylic acids is 1. The van der Waals surface area contributed by atoms with Gasteiger partial charge in [0.1, 0.15) is 10.7 Å². The molecule has 0 saturated carbocycles. The monoisotopic (exact) mass is 278 g/mol. The minimum atomic E-state index is -0.370. The van der Waals surface area contributed by atoms with Crippen LogP contribution >= 0.6 is 11.3 Å². The first kappa shape index (κ1) is 13.2. The van der Waals surface area contributed by atoms with Crippen molar-refractivity contribution in [3.63, 3.8) is 0 Å². The number of nitrogens with one attached hydrogen (secondary N) is 1. The van der Waals surface area contributed by atoms with Crippen LogP contribution in [0.15, 0.2) is 29.4 Å². The number of aromatic nitrogens is 1. The van der Waals surface area contributed by atoms with E-state index in [-0.39, 0.29) is 11.7 Å². The van der Waals surface area contributed by atoms with Gasteiger partial charge in [0.05, 0.1) is 11.9 Å². The van der Waals surface area contributed by atoms with Gasteiger partial charge in [-0.1, -0.05) is 23.5 Å². The number of halogens is 1. The third-order valence-corrected chi connectivity index (χ3v) is 3.25. The summed E-state index contributed by atoms with van der Waals surface area (Å²) in [5, 5.41) is 4.13. The van der Waals surface area contributed by atoms with Crippen LogP contribution < -0.4 is 11.2 Å². The number of carbonyl (C=O) groups is 1. The van der Waals surface area contributed by atoms with Crippen LogP contribution in [0.25, 0.3) is 0 Å². The minimum Gasteiger partial charge on any atom is -0.375 e. The zero-order valence-electron chi connectivity index (χ0n) is 10.1. The highest BCUT2D eigenvalue weighted by atomic mass is 32.1. The molecule has 0 aliphatic carbocycles. The number of rotatable bonds is 3. The van der Waals surface area contributed by atoms with Crippen LogP contribution in [0.4, 0.5) is 9.52 Å². The molecule has 5 nitrogen and oxygen atoms in total. The maximum Gasteiger partial charge on any atom is 0.283 e. The van der Waals surface area contributed by atoms with Gasteiger partial charge in [0.25, 0.3) is 5.91 Å². The Labute approximate surface area is 113 Å². The number of aryl methyl sites for hydroxylation is 1. The quantitative estimate of drug-likeness (QED) is 0.665. The third-order valence-electron chi connectivity index (χ3n) is 2.27. The largest absolute Gasteiger partial charge is 0.375 e. The van der Waals surface area contributed by atoms with E-state index < -0.39 is 0 Å². The standard InChI is InChI=1S/C12H11FN4OS/c1-7-10(19-12(14)16-7)11(18)17-15-6-8-2-4-9(13)5-3-8/h2-6H,1H3,(H2,14,16)(H,17,18). The number of nitrogens with two attached hydrogens (primary N) is 1. The van der Waals surface area contributed by atoms with Crippen LogP contribution in [-0.4, -0.2) is 17.1 Å². The van der Waals surface area contributed by atoms with Gasteiger partial charge in [0.15, 0.2) is 5.13 Å². The van der Waals surface area contributed by atoms with Crippen LogP contribution in [0.3, 0.4) is 0 Å². The van der Waals surface area contributed by atoms with Crippen molar-refractivity contribution in [2.45, 2.75) is 6.92 Å². The first-order valence-corrected chi connectivity index (χ1v) is 6.20. The Morgan fingerprint density at radius 3 is 2.74 bits per heavy atom. The first-order valence-electron chi connectivity index (χ1n) is 5.38. The topological polar surface area (TPSA) is 80.4 Å². The molecule has 0 spiro atoms. The van der Waals surface area contributed by atoms with E-state index in [4.69, 9.17) is 5.73 Å². The first-order chi connectivity index (χ1) is 9.06. The number of nitrogens with zero attached hydrogens (tertiary/aromatic N) is 2. The molecule has 1 amide bonds. The second-order valence-electron chi connectivity index (χ2n) is 3.72. The van der Waals surface area contributed by atoms with Gasteiger partial charge in [-0.15, -0.1) is 0 Å². The lowest BCUT2D eigenvalue weighted by Gasteiger charge is -1.97. The number of thiazole rings is 1. The van der Waals surface area contributed by atoms with Gasteiger partial charge in [-0.05, 0) is 24.6 Å². The summed E-state index contributed by atoms with van der Waals surface area (Å²) in [4.78, 5) is 16.1. The number of hydrogen-bond donors (Lipinski definition) is 2. The minimum absolute atomic E-state index is 0.322. The van der Waals surface area contributed by atoms with E-state index in [9.17, 15) is 9.18 Å². The van der Waals surface area contributed by atoms with Crippen molar-refractivity contribution >= 4 is 28.6 Å². The summed E-state index contributed by atoms with van der Waals surface area (Å²) in [7, 11) is 0. The fraction of sp³-hybridized carbons (Fsp3) is 0.0833. The lowest BCUT2D eigenvalue weighted by atomic mass is 10.2. The molecule has 7 heteroatoms. The van der Waals surface area contributed by atoms with Crippen molar-refractivity contribution in [2.24, 2.45) is 5.10 Å². The molecule has 0 radical (unpaired) electrons. The number of hydrazone groups is 1. The molecule has 98 valence electrons. The predicted molar refractivity (Wildman–Crippen MR) is 72.7 cm³/mol. The Bertz CT molecular complexity index is 621. The maximum atomic E-state index is 12.7. The number of amides is 1. The van der Waals surface area contributed by atoms with Crippen molar-refractivity contribution < 1.29 is 9.18 Å². The molecule has 2 rings (SSSR count). The highest BCUT2D eigenvalue weighted by molar-refractivity contribution is 7.17. The smallest absolute Gasteiger partial charge is 0.283 e. The molecule has 0 bridgehead atoms. The van der Waals surface area contributed by atoms with E-state index >= 15 is 0 Å². The molecule has 0 fully saturated rings. The number of anilines is 1. The van der Waals surface area contributed by atoms with Gasteiger partial charge in [0, 0.05) is 0 Å². The predicted octanol–water partition coefficient (Wildman–Crippen LogP) is 1.94. The Balaban J connectivity index is 2.00. The van der Waals surface area contributed by atoms with E-state index in [1.54, 1.807) is 19.1 Å². The highest BCUT2D eigenvalue weighted by Gasteiger charge is 2.12. The van der Waals surface area contributed by atoms with E-state index in [0.717, 1.165) is 11.3 Å². The summed E-state index contributed by atoms with van der Waals surface area (Å²) >= 11 is 1.10. The van der Waals surface area contributed by atoms with E-state index in [1.807, 2.05) is 0 Å². The van der Waals surface area contributed by atoms with Gasteiger partial charge < -0.3 is 5.73 Å². The highest BCUT2D eigenvalue weighted by Crippen LogP contribution is 2.19. The zero-order valence-corrected chi connectivity index (χ0v) is 10.9. The van der Waals surface area contributed by atoms with Gasteiger partial charge in [-0.2, -0.15) is 5.10 Å². The fourth-order valence-electron chi connectivity index (χ4n) is 1.39. The number of nitrogen functional groups attached to an aromatic ring is 1. The van der Waals surface area contributed by atoms with Crippen LogP contribution in [-0.2, 0) is 0 Å². The average Bonchev–Trinajstić information content (AvgIpc) is 2.71. The van der Waals surface area contributed by atoms with Crippen molar-refractivity contribution in [3.05, 3.63) is 46.2 Å². The Morgan fingerprint density at radius 1 is 1.47 bits per heavy atom. The summed E-state index contributed by atoms with van der Waals surface area (Å²) in [6, 6.07) is 5.75. The lowest BCUT2D eigenvalue weighted by Crippen LogP contribution is -2.17. The van der Waals surface area contributed by atoms with Crippen LogP contribution in [0.1, 0.15) is 20.9 Å². The molecule has 0 atom stereocenters. The van der Waals surface area contributed by atoms with E-state index in [1.165, 1.54) is 18.3 Å². The summed E-state index contributed by atoms with van der Waals surface area (Å²) in [5.74, 6) is -0.693. The molecule has 3 N–H and O–H groups in total. The van der Waals surface area contributed by atoms with Gasteiger partial charge in [0.2, 0.25) is 0 Å². The molecule has 0 aliphatic rings. The fourth-order valence-corrected chi connectivity index (χ4v) is 2.12. The van der Waals surface area contributed by atoms with E-state index in [0.29, 0.717) is 21.3 Å². The molecule has 0 aliphatic heterocycles. The van der Waals surface area contributed by atoms with Crippen molar-refractivity contribution in [1.29, 1.82) is 0 Å². The second kappa shape index (κ2) is 5.57. The van der Waals surface area contributed by atoms with Crippen molar-refractivity contribution in [1.82, 2.24) is 10.4 Å². The average molecular weight is 278 g/mol. The summed E-state index contributed by atoms with van der Waals surface area (Å²) < 4.78 is 12.7. The van der Waals surface area contributed by atoms with Crippen molar-refractivity contribution in [2.75, 3.05) is 5.73 Å². The SMILES string of the molecule is Cc1nc(N)sc1C(=O)NN=Cc1ccc(F)cc1. The zero-order chi connectivity index (χ0) is 13.8. The number of benzene rings is 1. The third kappa shape index (κ3) is 3.35. The lowest BCUT2D eigenvalue weighted by molar-refractivity contribution is 0.0958. The molecule has 0 saturated heterocycles. The van der Waals surface area contributed by atoms with Crippen molar-refractivity contribution in [3.8, 4) is 0 Å². The molecule has 0 unspecified atom stereocenters. The van der Waals surface area contributed by atoms with Crippen LogP contribution in [0, 0.1) is 12.7 Å². The van der Waals surface area contributed by atoms with Crippen LogP contribution in [0.2, 0.25) is 0 Å². The second-order valence-corrected chi connectivity index (χ2v) is 4.75. The molecular formula is C12H11FN4OS. The Hall–Kier alpha value is -2.28. The molecular weight excluding hydrogens is 267 g/mol. The normalized spacial score (nSPS) is 10.8. The molecule has 19 heavy (non-hydrogen) atoms.